The lowest BCUT2D eigenvalue weighted by molar-refractivity contribution is -0.136. The highest BCUT2D eigenvalue weighted by molar-refractivity contribution is 7.80. The van der Waals surface area contributed by atoms with E-state index in [4.69, 9.17) is 22.1 Å². The van der Waals surface area contributed by atoms with Gasteiger partial charge in [0.15, 0.2) is 5.11 Å². The number of thiocarbonyl (C=S) groups is 1. The lowest BCUT2D eigenvalue weighted by Gasteiger charge is -2.15. The molecule has 8 nitrogen and oxygen atoms in total. The van der Waals surface area contributed by atoms with Crippen molar-refractivity contribution >= 4 is 40.6 Å². The number of hydrogen-bond acceptors (Lipinski definition) is 6. The number of carboxylic acids is 1. The van der Waals surface area contributed by atoms with Crippen molar-refractivity contribution in [2.75, 3.05) is 43.4 Å². The average Bonchev–Trinajstić information content (AvgIpc) is 2.79. The molecule has 0 saturated carbocycles. The zero-order valence-electron chi connectivity index (χ0n) is 18.9. The summed E-state index contributed by atoms with van der Waals surface area (Å²) in [4.78, 5) is 22.9. The van der Waals surface area contributed by atoms with Crippen molar-refractivity contribution in [3.63, 3.8) is 0 Å². The number of nitrogens with one attached hydrogen (secondary N) is 4. The Morgan fingerprint density at radius 2 is 1.73 bits per heavy atom. The normalized spacial score (nSPS) is 10.2. The zero-order chi connectivity index (χ0) is 23.9. The summed E-state index contributed by atoms with van der Waals surface area (Å²) in [5.74, 6) is -1.23. The van der Waals surface area contributed by atoms with Crippen LogP contribution in [0.1, 0.15) is 35.7 Å². The Kier molecular flexibility index (Phi) is 11.5. The van der Waals surface area contributed by atoms with Crippen LogP contribution in [0, 0.1) is 0 Å². The molecule has 0 amide bonds. The van der Waals surface area contributed by atoms with Crippen LogP contribution in [-0.4, -0.2) is 54.9 Å². The minimum absolute atomic E-state index is 0.00966. The first-order chi connectivity index (χ1) is 16.0. The SMILES string of the molecule is CCOC(=O)c1ccc(NCCc2ccccc2)cc1NCCCNC(=S)NCCC(=O)O. The van der Waals surface area contributed by atoms with Crippen molar-refractivity contribution < 1.29 is 19.4 Å². The van der Waals surface area contributed by atoms with Gasteiger partial charge in [-0.15, -0.1) is 0 Å². The number of rotatable bonds is 14. The van der Waals surface area contributed by atoms with Crippen LogP contribution in [0.2, 0.25) is 0 Å². The van der Waals surface area contributed by atoms with Crippen molar-refractivity contribution in [1.29, 1.82) is 0 Å². The van der Waals surface area contributed by atoms with Gasteiger partial charge >= 0.3 is 11.9 Å². The fraction of sp³-hybridized carbons (Fsp3) is 0.375. The molecule has 9 heteroatoms. The van der Waals surface area contributed by atoms with Crippen molar-refractivity contribution in [2.24, 2.45) is 0 Å². The van der Waals surface area contributed by atoms with Crippen molar-refractivity contribution in [3.8, 4) is 0 Å². The smallest absolute Gasteiger partial charge is 0.340 e. The van der Waals surface area contributed by atoms with Crippen LogP contribution in [0.5, 0.6) is 0 Å². The average molecular weight is 473 g/mol. The van der Waals surface area contributed by atoms with Gasteiger partial charge in [-0.05, 0) is 55.7 Å². The van der Waals surface area contributed by atoms with Crippen molar-refractivity contribution in [2.45, 2.75) is 26.2 Å². The minimum Gasteiger partial charge on any atom is -0.481 e. The highest BCUT2D eigenvalue weighted by atomic mass is 32.1. The lowest BCUT2D eigenvalue weighted by Crippen LogP contribution is -2.37. The van der Waals surface area contributed by atoms with E-state index in [2.05, 4.69) is 33.4 Å². The molecule has 0 aliphatic rings. The van der Waals surface area contributed by atoms with E-state index in [1.165, 1.54) is 5.56 Å². The first-order valence-corrected chi connectivity index (χ1v) is 11.5. The Morgan fingerprint density at radius 1 is 0.970 bits per heavy atom. The Morgan fingerprint density at radius 3 is 2.45 bits per heavy atom. The summed E-state index contributed by atoms with van der Waals surface area (Å²) in [6.07, 6.45) is 1.65. The molecule has 2 aromatic rings. The molecule has 0 atom stereocenters. The highest BCUT2D eigenvalue weighted by Gasteiger charge is 2.13. The van der Waals surface area contributed by atoms with Crippen LogP contribution in [0.25, 0.3) is 0 Å². The molecule has 5 N–H and O–H groups in total. The molecule has 2 aromatic carbocycles. The van der Waals surface area contributed by atoms with Crippen LogP contribution in [-0.2, 0) is 16.0 Å². The molecule has 0 unspecified atom stereocenters. The maximum Gasteiger partial charge on any atom is 0.340 e. The van der Waals surface area contributed by atoms with E-state index in [-0.39, 0.29) is 18.9 Å². The third kappa shape index (κ3) is 10.2. The molecule has 2 rings (SSSR count). The Bertz CT molecular complexity index is 909. The van der Waals surface area contributed by atoms with Gasteiger partial charge in [0.05, 0.1) is 24.3 Å². The molecule has 0 aromatic heterocycles. The van der Waals surface area contributed by atoms with Gasteiger partial charge in [0, 0.05) is 31.9 Å². The number of carbonyl (C=O) groups excluding carboxylic acids is 1. The van der Waals surface area contributed by atoms with Gasteiger partial charge in [-0.25, -0.2) is 4.79 Å². The van der Waals surface area contributed by atoms with Crippen LogP contribution in [0.3, 0.4) is 0 Å². The van der Waals surface area contributed by atoms with Gasteiger partial charge in [0.1, 0.15) is 0 Å². The Labute approximate surface area is 200 Å². The second-order valence-electron chi connectivity index (χ2n) is 7.25. The predicted molar refractivity (Wildman–Crippen MR) is 135 cm³/mol. The molecule has 0 spiro atoms. The molecule has 0 fully saturated rings. The third-order valence-electron chi connectivity index (χ3n) is 4.68. The van der Waals surface area contributed by atoms with E-state index < -0.39 is 5.97 Å². The number of hydrogen-bond donors (Lipinski definition) is 5. The van der Waals surface area contributed by atoms with Crippen LogP contribution < -0.4 is 21.3 Å². The number of carbonyl (C=O) groups is 2. The summed E-state index contributed by atoms with van der Waals surface area (Å²) in [5.41, 5.74) is 3.38. The fourth-order valence-electron chi connectivity index (χ4n) is 3.04. The molecule has 33 heavy (non-hydrogen) atoms. The predicted octanol–water partition coefficient (Wildman–Crippen LogP) is 3.26. The van der Waals surface area contributed by atoms with E-state index in [0.29, 0.717) is 36.1 Å². The monoisotopic (exact) mass is 472 g/mol. The summed E-state index contributed by atoms with van der Waals surface area (Å²) in [5, 5.41) is 21.7. The standard InChI is InChI=1S/C24H32N4O4S/c1-2-32-23(31)20-10-9-19(25-15-11-18-7-4-3-5-8-18)17-21(20)26-13-6-14-27-24(33)28-16-12-22(29)30/h3-5,7-10,17,25-26H,2,6,11-16H2,1H3,(H,29,30)(H2,27,28,33). The first-order valence-electron chi connectivity index (χ1n) is 11.1. The zero-order valence-corrected chi connectivity index (χ0v) is 19.7. The lowest BCUT2D eigenvalue weighted by atomic mass is 10.1. The fourth-order valence-corrected chi connectivity index (χ4v) is 3.25. The number of ether oxygens (including phenoxy) is 1. The van der Waals surface area contributed by atoms with Gasteiger partial charge in [-0.3, -0.25) is 4.79 Å². The summed E-state index contributed by atoms with van der Waals surface area (Å²) in [6, 6.07) is 15.8. The van der Waals surface area contributed by atoms with Crippen molar-refractivity contribution in [1.82, 2.24) is 10.6 Å². The molecule has 0 aliphatic carbocycles. The van der Waals surface area contributed by atoms with Gasteiger partial charge in [0.25, 0.3) is 0 Å². The number of benzene rings is 2. The second kappa shape index (κ2) is 14.7. The molecule has 0 saturated heterocycles. The summed E-state index contributed by atoms with van der Waals surface area (Å²) in [6.45, 7) is 4.38. The van der Waals surface area contributed by atoms with E-state index in [1.807, 2.05) is 30.3 Å². The number of aliphatic carboxylic acids is 1. The summed E-state index contributed by atoms with van der Waals surface area (Å²) < 4.78 is 5.18. The van der Waals surface area contributed by atoms with Gasteiger partial charge in [-0.1, -0.05) is 30.3 Å². The largest absolute Gasteiger partial charge is 0.481 e. The van der Waals surface area contributed by atoms with E-state index >= 15 is 0 Å². The van der Waals surface area contributed by atoms with E-state index in [1.54, 1.807) is 13.0 Å². The molecular weight excluding hydrogens is 440 g/mol. The van der Waals surface area contributed by atoms with Gasteiger partial charge in [-0.2, -0.15) is 0 Å². The maximum atomic E-state index is 12.3. The molecule has 0 aliphatic heterocycles. The number of anilines is 2. The topological polar surface area (TPSA) is 112 Å². The maximum absolute atomic E-state index is 12.3. The van der Waals surface area contributed by atoms with Gasteiger partial charge < -0.3 is 31.1 Å². The molecule has 0 radical (unpaired) electrons. The van der Waals surface area contributed by atoms with E-state index in [9.17, 15) is 9.59 Å². The van der Waals surface area contributed by atoms with Crippen LogP contribution >= 0.6 is 12.2 Å². The second-order valence-corrected chi connectivity index (χ2v) is 7.66. The Balaban J connectivity index is 1.85. The summed E-state index contributed by atoms with van der Waals surface area (Å²) in [7, 11) is 0. The molecule has 0 bridgehead atoms. The summed E-state index contributed by atoms with van der Waals surface area (Å²) >= 11 is 5.12. The van der Waals surface area contributed by atoms with Gasteiger partial charge in [0.2, 0.25) is 0 Å². The highest BCUT2D eigenvalue weighted by Crippen LogP contribution is 2.22. The molecular formula is C24H32N4O4S. The quantitative estimate of drug-likeness (QED) is 0.161. The third-order valence-corrected chi connectivity index (χ3v) is 4.97. The molecule has 0 heterocycles. The minimum atomic E-state index is -0.872. The Hall–Kier alpha value is -3.33. The van der Waals surface area contributed by atoms with E-state index in [0.717, 1.165) is 25.1 Å². The number of esters is 1. The molecule has 178 valence electrons. The number of carboxylic acid groups (broad SMARTS) is 1. The van der Waals surface area contributed by atoms with Crippen molar-refractivity contribution in [3.05, 3.63) is 59.7 Å². The van der Waals surface area contributed by atoms with Crippen LogP contribution in [0.4, 0.5) is 11.4 Å². The first kappa shape index (κ1) is 25.9. The van der Waals surface area contributed by atoms with Crippen LogP contribution in [0.15, 0.2) is 48.5 Å².